The largest absolute Gasteiger partial charge is 0.392 e. The molecular formula is C31H30FN5O4. The van der Waals surface area contributed by atoms with Crippen molar-refractivity contribution in [1.82, 2.24) is 19.3 Å². The van der Waals surface area contributed by atoms with Gasteiger partial charge < -0.3 is 20.1 Å². The van der Waals surface area contributed by atoms with Gasteiger partial charge in [-0.25, -0.2) is 9.37 Å². The van der Waals surface area contributed by atoms with Crippen molar-refractivity contribution in [3.63, 3.8) is 0 Å². The average Bonchev–Trinajstić information content (AvgIpc) is 2.94. The van der Waals surface area contributed by atoms with Crippen LogP contribution < -0.4 is 16.4 Å². The molecule has 0 aliphatic rings. The average molecular weight is 556 g/mol. The third-order valence-corrected chi connectivity index (χ3v) is 7.01. The predicted octanol–water partition coefficient (Wildman–Crippen LogP) is 4.31. The molecule has 0 spiro atoms. The van der Waals surface area contributed by atoms with Crippen LogP contribution in [0.2, 0.25) is 0 Å². The molecule has 210 valence electrons. The van der Waals surface area contributed by atoms with Gasteiger partial charge in [-0.1, -0.05) is 39.0 Å². The van der Waals surface area contributed by atoms with Gasteiger partial charge in [-0.15, -0.1) is 0 Å². The van der Waals surface area contributed by atoms with E-state index < -0.39 is 18.0 Å². The first kappa shape index (κ1) is 27.9. The van der Waals surface area contributed by atoms with Crippen molar-refractivity contribution in [3.05, 3.63) is 110 Å². The topological polar surface area (TPSA) is 122 Å². The minimum Gasteiger partial charge on any atom is -0.392 e. The van der Waals surface area contributed by atoms with Crippen LogP contribution in [0.5, 0.6) is 0 Å². The number of benzene rings is 2. The van der Waals surface area contributed by atoms with Crippen molar-refractivity contribution < 1.29 is 14.6 Å². The smallest absolute Gasteiger partial charge is 0.282 e. The molecule has 2 aromatic carbocycles. The first-order valence-electron chi connectivity index (χ1n) is 13.0. The minimum atomic E-state index is -0.646. The Balaban J connectivity index is 1.63. The molecule has 3 aromatic heterocycles. The number of hydrogen-bond donors (Lipinski definition) is 3. The Morgan fingerprint density at radius 2 is 1.76 bits per heavy atom. The van der Waals surface area contributed by atoms with Crippen LogP contribution >= 0.6 is 0 Å². The molecule has 0 radical (unpaired) electrons. The number of hydrogen-bond acceptors (Lipinski definition) is 7. The lowest BCUT2D eigenvalue weighted by Crippen LogP contribution is -2.24. The Kier molecular flexibility index (Phi) is 7.29. The Hall–Kier alpha value is -4.67. The summed E-state index contributed by atoms with van der Waals surface area (Å²) in [4.78, 5) is 30.7. The highest BCUT2D eigenvalue weighted by molar-refractivity contribution is 5.83. The number of pyridine rings is 2. The fourth-order valence-electron chi connectivity index (χ4n) is 4.73. The Labute approximate surface area is 235 Å². The number of halogens is 1. The summed E-state index contributed by atoms with van der Waals surface area (Å²) in [6.07, 6.45) is 4.58. The van der Waals surface area contributed by atoms with Gasteiger partial charge in [-0.3, -0.25) is 9.59 Å². The maximum Gasteiger partial charge on any atom is 0.282 e. The Morgan fingerprint density at radius 3 is 2.41 bits per heavy atom. The molecule has 0 fully saturated rings. The van der Waals surface area contributed by atoms with E-state index in [1.165, 1.54) is 23.0 Å². The van der Waals surface area contributed by atoms with E-state index in [1.807, 2.05) is 20.8 Å². The van der Waals surface area contributed by atoms with Crippen molar-refractivity contribution in [2.24, 2.45) is 7.05 Å². The molecule has 0 aliphatic carbocycles. The molecule has 5 aromatic rings. The summed E-state index contributed by atoms with van der Waals surface area (Å²) in [5.74, 6) is -0.221. The fourth-order valence-corrected chi connectivity index (χ4v) is 4.73. The molecule has 0 unspecified atom stereocenters. The van der Waals surface area contributed by atoms with E-state index in [0.29, 0.717) is 39.1 Å². The van der Waals surface area contributed by atoms with Gasteiger partial charge in [-0.2, -0.15) is 9.78 Å². The molecule has 0 amide bonds. The van der Waals surface area contributed by atoms with E-state index in [4.69, 9.17) is 0 Å². The van der Waals surface area contributed by atoms with Crippen LogP contribution in [-0.4, -0.2) is 29.5 Å². The summed E-state index contributed by atoms with van der Waals surface area (Å²) < 4.78 is 17.7. The van der Waals surface area contributed by atoms with Gasteiger partial charge in [0.1, 0.15) is 17.3 Å². The second-order valence-electron chi connectivity index (χ2n) is 10.9. The third kappa shape index (κ3) is 5.27. The number of aliphatic hydroxyl groups is 2. The number of aliphatic hydroxyl groups excluding tert-OH is 2. The monoisotopic (exact) mass is 555 g/mol. The lowest BCUT2D eigenvalue weighted by Gasteiger charge is -2.20. The zero-order valence-electron chi connectivity index (χ0n) is 23.1. The van der Waals surface area contributed by atoms with E-state index in [0.717, 1.165) is 10.2 Å². The van der Waals surface area contributed by atoms with E-state index in [9.17, 15) is 19.8 Å². The molecule has 41 heavy (non-hydrogen) atoms. The molecule has 3 heterocycles. The highest BCUT2D eigenvalue weighted by Gasteiger charge is 2.21. The summed E-state index contributed by atoms with van der Waals surface area (Å²) in [5, 5.41) is 27.4. The van der Waals surface area contributed by atoms with E-state index >= 15 is 4.39 Å². The number of nitrogens with zero attached hydrogens (tertiary/aromatic N) is 4. The molecule has 3 N–H and O–H groups in total. The van der Waals surface area contributed by atoms with Gasteiger partial charge in [-0.05, 0) is 52.4 Å². The number of fused-ring (bicyclic) bond motifs is 1. The first-order chi connectivity index (χ1) is 19.5. The van der Waals surface area contributed by atoms with Gasteiger partial charge in [0.05, 0.1) is 30.5 Å². The molecule has 0 saturated carbocycles. The quantitative estimate of drug-likeness (QED) is 0.285. The molecule has 0 aliphatic heterocycles. The normalized spacial score (nSPS) is 11.7. The Morgan fingerprint density at radius 1 is 0.976 bits per heavy atom. The SMILES string of the molecule is Cn1cc(-c2cccc(-n3ncc4cc(C(C)(C)C)cc(F)c4c3=O)c2CO)cc(Nc2ccc(CO)cn2)c1=O. The summed E-state index contributed by atoms with van der Waals surface area (Å²) in [7, 11) is 1.60. The molecule has 0 bridgehead atoms. The van der Waals surface area contributed by atoms with Gasteiger partial charge >= 0.3 is 0 Å². The molecule has 5 rings (SSSR count). The van der Waals surface area contributed by atoms with E-state index in [1.54, 1.807) is 55.7 Å². The lowest BCUT2D eigenvalue weighted by molar-refractivity contribution is 0.281. The number of rotatable bonds is 6. The lowest BCUT2D eigenvalue weighted by atomic mass is 9.86. The first-order valence-corrected chi connectivity index (χ1v) is 13.0. The maximum absolute atomic E-state index is 15.3. The van der Waals surface area contributed by atoms with Gasteiger partial charge in [0.15, 0.2) is 0 Å². The van der Waals surface area contributed by atoms with E-state index in [-0.39, 0.29) is 28.7 Å². The summed E-state index contributed by atoms with van der Waals surface area (Å²) >= 11 is 0. The maximum atomic E-state index is 15.3. The number of aryl methyl sites for hydroxylation is 1. The van der Waals surface area contributed by atoms with Crippen LogP contribution in [-0.2, 0) is 25.7 Å². The van der Waals surface area contributed by atoms with Crippen LogP contribution in [0.15, 0.2) is 76.7 Å². The Bertz CT molecular complexity index is 1890. The summed E-state index contributed by atoms with van der Waals surface area (Å²) in [6.45, 7) is 5.30. The summed E-state index contributed by atoms with van der Waals surface area (Å²) in [5.41, 5.74) is 2.17. The molecule has 9 nitrogen and oxygen atoms in total. The van der Waals surface area contributed by atoms with Crippen molar-refractivity contribution in [2.45, 2.75) is 39.4 Å². The van der Waals surface area contributed by atoms with Crippen LogP contribution in [0.4, 0.5) is 15.9 Å². The van der Waals surface area contributed by atoms with Crippen molar-refractivity contribution in [1.29, 1.82) is 0 Å². The summed E-state index contributed by atoms with van der Waals surface area (Å²) in [6, 6.07) is 13.2. The van der Waals surface area contributed by atoms with Crippen LogP contribution in [0.25, 0.3) is 27.6 Å². The van der Waals surface area contributed by atoms with Crippen molar-refractivity contribution >= 4 is 22.3 Å². The standard InChI is InChI=1S/C31H30FN5O4/c1-31(2,3)21-10-19-14-34-37(30(41)28(19)24(32)12-21)26-7-5-6-22(23(26)17-39)20-11-25(29(40)36(4)15-20)35-27-9-8-18(16-38)13-33-27/h5-15,38-39H,16-17H2,1-4H3,(H,33,35). The van der Waals surface area contributed by atoms with Gasteiger partial charge in [0.2, 0.25) is 0 Å². The van der Waals surface area contributed by atoms with Crippen molar-refractivity contribution in [3.8, 4) is 16.8 Å². The van der Waals surface area contributed by atoms with E-state index in [2.05, 4.69) is 15.4 Å². The molecule has 0 saturated heterocycles. The third-order valence-electron chi connectivity index (χ3n) is 7.01. The second-order valence-corrected chi connectivity index (χ2v) is 10.9. The van der Waals surface area contributed by atoms with Crippen LogP contribution in [0.1, 0.15) is 37.5 Å². The van der Waals surface area contributed by atoms with Crippen LogP contribution in [0, 0.1) is 5.82 Å². The molecule has 10 heteroatoms. The van der Waals surface area contributed by atoms with Crippen LogP contribution in [0.3, 0.4) is 0 Å². The predicted molar refractivity (Wildman–Crippen MR) is 156 cm³/mol. The molecule has 0 atom stereocenters. The zero-order chi connectivity index (χ0) is 29.5. The number of anilines is 2. The number of aromatic nitrogens is 4. The fraction of sp³-hybridized carbons (Fsp3) is 0.226. The zero-order valence-corrected chi connectivity index (χ0v) is 23.1. The molecular weight excluding hydrogens is 525 g/mol. The highest BCUT2D eigenvalue weighted by Crippen LogP contribution is 2.31. The number of nitrogens with one attached hydrogen (secondary N) is 1. The highest BCUT2D eigenvalue weighted by atomic mass is 19.1. The minimum absolute atomic E-state index is 0.0874. The second kappa shape index (κ2) is 10.7. The van der Waals surface area contributed by atoms with Gasteiger partial charge in [0, 0.05) is 36.0 Å². The van der Waals surface area contributed by atoms with Gasteiger partial charge in [0.25, 0.3) is 11.1 Å². The van der Waals surface area contributed by atoms with Crippen molar-refractivity contribution in [2.75, 3.05) is 5.32 Å².